The van der Waals surface area contributed by atoms with Crippen LogP contribution in [-0.4, -0.2) is 28.1 Å². The normalized spacial score (nSPS) is 20.4. The lowest BCUT2D eigenvalue weighted by Crippen LogP contribution is -2.45. The highest BCUT2D eigenvalue weighted by molar-refractivity contribution is 6.35. The van der Waals surface area contributed by atoms with E-state index in [0.717, 1.165) is 5.56 Å². The van der Waals surface area contributed by atoms with E-state index in [1.165, 1.54) is 17.2 Å². The summed E-state index contributed by atoms with van der Waals surface area (Å²) in [5.41, 5.74) is 1.30. The molecule has 0 bridgehead atoms. The van der Waals surface area contributed by atoms with Crippen LogP contribution in [0.4, 0.5) is 0 Å². The van der Waals surface area contributed by atoms with Gasteiger partial charge in [0.15, 0.2) is 6.23 Å². The van der Waals surface area contributed by atoms with E-state index < -0.39 is 12.2 Å². The Hall–Kier alpha value is -2.27. The summed E-state index contributed by atoms with van der Waals surface area (Å²) in [7, 11) is 0. The SMILES string of the molecule is Cc1ccc2c(c1)C(=O)N1C=C(Cl)C(C(=O)O)=CC1O2. The van der Waals surface area contributed by atoms with Gasteiger partial charge < -0.3 is 9.84 Å². The number of benzene rings is 1. The van der Waals surface area contributed by atoms with Crippen molar-refractivity contribution >= 4 is 23.5 Å². The molecule has 0 spiro atoms. The molecule has 0 saturated carbocycles. The van der Waals surface area contributed by atoms with E-state index >= 15 is 0 Å². The second-order valence-electron chi connectivity index (χ2n) is 4.58. The highest BCUT2D eigenvalue weighted by Crippen LogP contribution is 2.34. The molecule has 1 aromatic carbocycles. The van der Waals surface area contributed by atoms with Gasteiger partial charge in [0, 0.05) is 6.20 Å². The average molecular weight is 292 g/mol. The molecule has 0 radical (unpaired) electrons. The van der Waals surface area contributed by atoms with Gasteiger partial charge in [0.2, 0.25) is 0 Å². The Kier molecular flexibility index (Phi) is 2.79. The highest BCUT2D eigenvalue weighted by atomic mass is 35.5. The molecule has 1 N–H and O–H groups in total. The third-order valence-corrected chi connectivity index (χ3v) is 3.47. The molecule has 20 heavy (non-hydrogen) atoms. The summed E-state index contributed by atoms with van der Waals surface area (Å²) in [4.78, 5) is 24.7. The van der Waals surface area contributed by atoms with E-state index in [4.69, 9.17) is 21.4 Å². The Morgan fingerprint density at radius 3 is 2.90 bits per heavy atom. The Bertz CT molecular complexity index is 692. The molecule has 1 aromatic rings. The topological polar surface area (TPSA) is 66.8 Å². The minimum Gasteiger partial charge on any atom is -0.478 e. The van der Waals surface area contributed by atoms with Crippen LogP contribution in [0.5, 0.6) is 5.75 Å². The number of halogens is 1. The summed E-state index contributed by atoms with van der Waals surface area (Å²) in [6.07, 6.45) is 1.83. The number of fused-ring (bicyclic) bond motifs is 2. The van der Waals surface area contributed by atoms with E-state index in [1.807, 2.05) is 13.0 Å². The van der Waals surface area contributed by atoms with Crippen molar-refractivity contribution in [3.05, 3.63) is 52.2 Å². The van der Waals surface area contributed by atoms with Gasteiger partial charge in [-0.3, -0.25) is 9.69 Å². The molecule has 1 amide bonds. The number of nitrogens with zero attached hydrogens (tertiary/aromatic N) is 1. The van der Waals surface area contributed by atoms with Crippen LogP contribution < -0.4 is 4.74 Å². The van der Waals surface area contributed by atoms with Crippen LogP contribution in [0.25, 0.3) is 0 Å². The molecule has 5 nitrogen and oxygen atoms in total. The summed E-state index contributed by atoms with van der Waals surface area (Å²) in [5.74, 6) is -0.982. The Balaban J connectivity index is 2.08. The van der Waals surface area contributed by atoms with Crippen molar-refractivity contribution in [2.75, 3.05) is 0 Å². The number of rotatable bonds is 1. The minimum absolute atomic E-state index is 0.00167. The predicted octanol–water partition coefficient (Wildman–Crippen LogP) is 2.26. The molecule has 1 atom stereocenters. The maximum absolute atomic E-state index is 12.4. The quantitative estimate of drug-likeness (QED) is 0.862. The molecule has 0 fully saturated rings. The predicted molar refractivity (Wildman–Crippen MR) is 71.4 cm³/mol. The van der Waals surface area contributed by atoms with E-state index in [1.54, 1.807) is 12.1 Å². The van der Waals surface area contributed by atoms with Gasteiger partial charge in [0.05, 0.1) is 16.2 Å². The molecule has 2 aliphatic heterocycles. The summed E-state index contributed by atoms with van der Waals surface area (Å²) in [6.45, 7) is 1.88. The molecule has 0 aromatic heterocycles. The fraction of sp³-hybridized carbons (Fsp3) is 0.143. The van der Waals surface area contributed by atoms with Crippen molar-refractivity contribution in [3.63, 3.8) is 0 Å². The average Bonchev–Trinajstić information content (AvgIpc) is 2.40. The lowest BCUT2D eigenvalue weighted by atomic mass is 10.1. The number of aryl methyl sites for hydroxylation is 1. The minimum atomic E-state index is -1.16. The van der Waals surface area contributed by atoms with Crippen molar-refractivity contribution < 1.29 is 19.4 Å². The first kappa shape index (κ1) is 12.7. The largest absolute Gasteiger partial charge is 0.478 e. The molecule has 1 unspecified atom stereocenters. The standard InChI is InChI=1S/C14H10ClNO4/c1-7-2-3-11-9(4-7)13(17)16-6-10(15)8(14(18)19)5-12(16)20-11/h2-6,12H,1H3,(H,18,19). The van der Waals surface area contributed by atoms with Crippen molar-refractivity contribution in [1.82, 2.24) is 4.90 Å². The maximum atomic E-state index is 12.4. The van der Waals surface area contributed by atoms with Crippen LogP contribution in [0.15, 0.2) is 41.1 Å². The van der Waals surface area contributed by atoms with Crippen LogP contribution in [0.3, 0.4) is 0 Å². The van der Waals surface area contributed by atoms with Gasteiger partial charge in [-0.15, -0.1) is 0 Å². The van der Waals surface area contributed by atoms with Crippen LogP contribution in [-0.2, 0) is 4.79 Å². The molecule has 0 saturated heterocycles. The van der Waals surface area contributed by atoms with E-state index in [9.17, 15) is 9.59 Å². The number of hydrogen-bond donors (Lipinski definition) is 1. The molecule has 6 heteroatoms. The summed E-state index contributed by atoms with van der Waals surface area (Å²) in [6, 6.07) is 5.26. The van der Waals surface area contributed by atoms with E-state index in [0.29, 0.717) is 11.3 Å². The van der Waals surface area contributed by atoms with Crippen LogP contribution in [0, 0.1) is 6.92 Å². The molecular formula is C14H10ClNO4. The Morgan fingerprint density at radius 2 is 2.20 bits per heavy atom. The number of carboxylic acids is 1. The van der Waals surface area contributed by atoms with Crippen LogP contribution in [0.1, 0.15) is 15.9 Å². The first-order valence-electron chi connectivity index (χ1n) is 5.90. The fourth-order valence-electron chi connectivity index (χ4n) is 2.19. The van der Waals surface area contributed by atoms with Crippen molar-refractivity contribution in [3.8, 4) is 5.75 Å². The number of ether oxygens (including phenoxy) is 1. The zero-order valence-electron chi connectivity index (χ0n) is 10.5. The van der Waals surface area contributed by atoms with E-state index in [2.05, 4.69) is 0 Å². The number of carbonyl (C=O) groups excluding carboxylic acids is 1. The van der Waals surface area contributed by atoms with Gasteiger partial charge in [-0.1, -0.05) is 23.2 Å². The number of carbonyl (C=O) groups is 2. The van der Waals surface area contributed by atoms with Gasteiger partial charge in [-0.25, -0.2) is 4.79 Å². The number of aliphatic carboxylic acids is 1. The number of hydrogen-bond acceptors (Lipinski definition) is 3. The van der Waals surface area contributed by atoms with Gasteiger partial charge in [-0.2, -0.15) is 0 Å². The number of carboxylic acid groups (broad SMARTS) is 1. The first-order chi connectivity index (χ1) is 9.47. The second kappa shape index (κ2) is 4.38. The molecule has 3 rings (SSSR count). The molecule has 102 valence electrons. The highest BCUT2D eigenvalue weighted by Gasteiger charge is 2.36. The van der Waals surface area contributed by atoms with E-state index in [-0.39, 0.29) is 16.5 Å². The molecule has 2 heterocycles. The van der Waals surface area contributed by atoms with Gasteiger partial charge in [0.1, 0.15) is 5.75 Å². The van der Waals surface area contributed by atoms with Gasteiger partial charge in [0.25, 0.3) is 5.91 Å². The van der Waals surface area contributed by atoms with Crippen molar-refractivity contribution in [2.45, 2.75) is 13.2 Å². The number of amides is 1. The zero-order chi connectivity index (χ0) is 14.4. The Labute approximate surface area is 119 Å². The third kappa shape index (κ3) is 1.87. The summed E-state index contributed by atoms with van der Waals surface area (Å²) >= 11 is 5.88. The smallest absolute Gasteiger partial charge is 0.337 e. The van der Waals surface area contributed by atoms with Crippen LogP contribution >= 0.6 is 11.6 Å². The van der Waals surface area contributed by atoms with Gasteiger partial charge >= 0.3 is 5.97 Å². The summed E-state index contributed by atoms with van der Waals surface area (Å²) < 4.78 is 5.65. The monoisotopic (exact) mass is 291 g/mol. The second-order valence-corrected chi connectivity index (χ2v) is 4.99. The van der Waals surface area contributed by atoms with Gasteiger partial charge in [-0.05, 0) is 25.1 Å². The van der Waals surface area contributed by atoms with Crippen molar-refractivity contribution in [1.29, 1.82) is 0 Å². The maximum Gasteiger partial charge on any atom is 0.337 e. The molecule has 2 aliphatic rings. The lowest BCUT2D eigenvalue weighted by molar-refractivity contribution is -0.132. The van der Waals surface area contributed by atoms with Crippen LogP contribution in [0.2, 0.25) is 0 Å². The van der Waals surface area contributed by atoms with Crippen molar-refractivity contribution in [2.24, 2.45) is 0 Å². The molecule has 0 aliphatic carbocycles. The summed E-state index contributed by atoms with van der Waals surface area (Å²) in [5, 5.41) is 9.05. The Morgan fingerprint density at radius 1 is 1.45 bits per heavy atom. The first-order valence-corrected chi connectivity index (χ1v) is 6.28. The zero-order valence-corrected chi connectivity index (χ0v) is 11.2. The fourth-order valence-corrected chi connectivity index (χ4v) is 2.44. The molecular weight excluding hydrogens is 282 g/mol. The third-order valence-electron chi connectivity index (χ3n) is 3.17. The lowest BCUT2D eigenvalue weighted by Gasteiger charge is -2.35.